The third-order valence-electron chi connectivity index (χ3n) is 3.03. The van der Waals surface area contributed by atoms with Crippen LogP contribution < -0.4 is 0 Å². The van der Waals surface area contributed by atoms with E-state index < -0.39 is 0 Å². The molecule has 0 amide bonds. The van der Waals surface area contributed by atoms with E-state index >= 15 is 0 Å². The summed E-state index contributed by atoms with van der Waals surface area (Å²) < 4.78 is 0. The first kappa shape index (κ1) is 11.3. The Kier molecular flexibility index (Phi) is 3.36. The number of benzene rings is 1. The van der Waals surface area contributed by atoms with Gasteiger partial charge in [0.05, 0.1) is 0 Å². The molecule has 78 valence electrons. The summed E-state index contributed by atoms with van der Waals surface area (Å²) >= 11 is 0. The molecule has 0 saturated heterocycles. The van der Waals surface area contributed by atoms with Crippen LogP contribution in [0.5, 0.6) is 0 Å². The van der Waals surface area contributed by atoms with E-state index in [1.54, 1.807) is 5.56 Å². The molecule has 0 nitrogen and oxygen atoms in total. The fraction of sp³-hybridized carbons (Fsp3) is 0.571. The summed E-state index contributed by atoms with van der Waals surface area (Å²) in [5.74, 6) is 0. The quantitative estimate of drug-likeness (QED) is 0.663. The van der Waals surface area contributed by atoms with Gasteiger partial charge in [-0.3, -0.25) is 0 Å². The molecule has 0 heterocycles. The molecule has 1 aromatic rings. The lowest BCUT2D eigenvalue weighted by molar-refractivity contribution is 0.468. The Bertz CT molecular complexity index is 288. The van der Waals surface area contributed by atoms with E-state index in [1.807, 2.05) is 0 Å². The van der Waals surface area contributed by atoms with E-state index in [9.17, 15) is 0 Å². The van der Waals surface area contributed by atoms with Gasteiger partial charge in [-0.15, -0.1) is 0 Å². The Hall–Kier alpha value is -0.780. The second-order valence-corrected chi connectivity index (χ2v) is 4.90. The van der Waals surface area contributed by atoms with Crippen molar-refractivity contribution < 1.29 is 0 Å². The molecular formula is C14H22. The van der Waals surface area contributed by atoms with Crippen molar-refractivity contribution in [3.05, 3.63) is 34.9 Å². The molecule has 0 aliphatic heterocycles. The van der Waals surface area contributed by atoms with Gasteiger partial charge in [0, 0.05) is 0 Å². The summed E-state index contributed by atoms with van der Waals surface area (Å²) in [4.78, 5) is 0. The van der Waals surface area contributed by atoms with Crippen LogP contribution in [-0.2, 0) is 5.41 Å². The highest BCUT2D eigenvalue weighted by atomic mass is 14.3. The summed E-state index contributed by atoms with van der Waals surface area (Å²) in [6, 6.07) is 6.59. The van der Waals surface area contributed by atoms with Gasteiger partial charge in [0.15, 0.2) is 0 Å². The zero-order valence-corrected chi connectivity index (χ0v) is 10.1. The largest absolute Gasteiger partial charge is 0.0654 e. The average Bonchev–Trinajstić information content (AvgIpc) is 2.02. The SMILES string of the molecule is CCCC(C)(C)c1c(C)cccc1C. The lowest BCUT2D eigenvalue weighted by Gasteiger charge is -2.28. The summed E-state index contributed by atoms with van der Waals surface area (Å²) in [6.07, 6.45) is 2.51. The smallest absolute Gasteiger partial charge is 0.00984 e. The van der Waals surface area contributed by atoms with Crippen LogP contribution in [0.4, 0.5) is 0 Å². The van der Waals surface area contributed by atoms with Crippen molar-refractivity contribution in [1.82, 2.24) is 0 Å². The Morgan fingerprint density at radius 3 is 2.00 bits per heavy atom. The van der Waals surface area contributed by atoms with Gasteiger partial charge >= 0.3 is 0 Å². The summed E-state index contributed by atoms with van der Waals surface area (Å²) in [5.41, 5.74) is 4.73. The normalized spacial score (nSPS) is 11.8. The minimum atomic E-state index is 0.324. The maximum absolute atomic E-state index is 2.35. The van der Waals surface area contributed by atoms with E-state index in [0.717, 1.165) is 0 Å². The molecule has 0 saturated carbocycles. The first-order chi connectivity index (χ1) is 6.49. The summed E-state index contributed by atoms with van der Waals surface area (Å²) in [7, 11) is 0. The predicted octanol–water partition coefficient (Wildman–Crippen LogP) is 4.38. The van der Waals surface area contributed by atoms with Crippen molar-refractivity contribution in [1.29, 1.82) is 0 Å². The lowest BCUT2D eigenvalue weighted by atomic mass is 9.76. The minimum absolute atomic E-state index is 0.324. The topological polar surface area (TPSA) is 0 Å². The highest BCUT2D eigenvalue weighted by Crippen LogP contribution is 2.32. The van der Waals surface area contributed by atoms with Crippen LogP contribution in [0.25, 0.3) is 0 Å². The van der Waals surface area contributed by atoms with Crippen LogP contribution in [-0.4, -0.2) is 0 Å². The maximum atomic E-state index is 2.35. The van der Waals surface area contributed by atoms with Gasteiger partial charge in [-0.25, -0.2) is 0 Å². The Balaban J connectivity index is 3.17. The minimum Gasteiger partial charge on any atom is -0.0654 e. The molecule has 0 spiro atoms. The molecule has 0 radical (unpaired) electrons. The van der Waals surface area contributed by atoms with Gasteiger partial charge in [0.2, 0.25) is 0 Å². The highest BCUT2D eigenvalue weighted by Gasteiger charge is 2.22. The van der Waals surface area contributed by atoms with Crippen molar-refractivity contribution in [2.45, 2.75) is 52.9 Å². The fourth-order valence-corrected chi connectivity index (χ4v) is 2.63. The van der Waals surface area contributed by atoms with Crippen LogP contribution in [0.15, 0.2) is 18.2 Å². The monoisotopic (exact) mass is 190 g/mol. The standard InChI is InChI=1S/C14H22/c1-6-10-14(4,5)13-11(2)8-7-9-12(13)3/h7-9H,6,10H2,1-5H3. The molecule has 0 bridgehead atoms. The molecule has 0 aliphatic rings. The second-order valence-electron chi connectivity index (χ2n) is 4.90. The number of hydrogen-bond acceptors (Lipinski definition) is 0. The van der Waals surface area contributed by atoms with E-state index in [1.165, 1.54) is 24.0 Å². The maximum Gasteiger partial charge on any atom is -0.00984 e. The molecule has 0 aromatic heterocycles. The zero-order valence-electron chi connectivity index (χ0n) is 10.1. The van der Waals surface area contributed by atoms with E-state index in [2.05, 4.69) is 52.8 Å². The fourth-order valence-electron chi connectivity index (χ4n) is 2.63. The highest BCUT2D eigenvalue weighted by molar-refractivity contribution is 5.38. The van der Waals surface area contributed by atoms with Gasteiger partial charge in [0.1, 0.15) is 0 Å². The molecule has 0 N–H and O–H groups in total. The molecule has 0 heteroatoms. The molecule has 0 aliphatic carbocycles. The predicted molar refractivity (Wildman–Crippen MR) is 63.9 cm³/mol. The molecular weight excluding hydrogens is 168 g/mol. The van der Waals surface area contributed by atoms with E-state index in [4.69, 9.17) is 0 Å². The molecule has 0 fully saturated rings. The van der Waals surface area contributed by atoms with Crippen molar-refractivity contribution in [3.63, 3.8) is 0 Å². The molecule has 0 unspecified atom stereocenters. The Morgan fingerprint density at radius 1 is 1.07 bits per heavy atom. The van der Waals surface area contributed by atoms with Gasteiger partial charge in [0.25, 0.3) is 0 Å². The van der Waals surface area contributed by atoms with E-state index in [-0.39, 0.29) is 0 Å². The first-order valence-electron chi connectivity index (χ1n) is 5.55. The van der Waals surface area contributed by atoms with Crippen molar-refractivity contribution in [3.8, 4) is 0 Å². The van der Waals surface area contributed by atoms with Crippen LogP contribution in [0.2, 0.25) is 0 Å². The lowest BCUT2D eigenvalue weighted by Crippen LogP contribution is -2.19. The van der Waals surface area contributed by atoms with Gasteiger partial charge in [-0.1, -0.05) is 45.4 Å². The average molecular weight is 190 g/mol. The molecule has 14 heavy (non-hydrogen) atoms. The van der Waals surface area contributed by atoms with E-state index in [0.29, 0.717) is 5.41 Å². The number of hydrogen-bond donors (Lipinski definition) is 0. The van der Waals surface area contributed by atoms with Gasteiger partial charge in [-0.2, -0.15) is 0 Å². The van der Waals surface area contributed by atoms with Crippen molar-refractivity contribution >= 4 is 0 Å². The van der Waals surface area contributed by atoms with Gasteiger partial charge in [-0.05, 0) is 42.4 Å². The van der Waals surface area contributed by atoms with Crippen molar-refractivity contribution in [2.75, 3.05) is 0 Å². The van der Waals surface area contributed by atoms with Crippen LogP contribution in [0.3, 0.4) is 0 Å². The third kappa shape index (κ3) is 2.17. The van der Waals surface area contributed by atoms with Crippen LogP contribution >= 0.6 is 0 Å². The van der Waals surface area contributed by atoms with Crippen LogP contribution in [0.1, 0.15) is 50.3 Å². The summed E-state index contributed by atoms with van der Waals surface area (Å²) in [5, 5.41) is 0. The number of rotatable bonds is 3. The third-order valence-corrected chi connectivity index (χ3v) is 3.03. The summed E-state index contributed by atoms with van der Waals surface area (Å²) in [6.45, 7) is 11.4. The zero-order chi connectivity index (χ0) is 10.8. The second kappa shape index (κ2) is 4.16. The van der Waals surface area contributed by atoms with Crippen molar-refractivity contribution in [2.24, 2.45) is 0 Å². The number of aryl methyl sites for hydroxylation is 2. The Labute approximate surface area is 88.4 Å². The Morgan fingerprint density at radius 2 is 1.57 bits per heavy atom. The van der Waals surface area contributed by atoms with Gasteiger partial charge < -0.3 is 0 Å². The van der Waals surface area contributed by atoms with Crippen LogP contribution in [0, 0.1) is 13.8 Å². The molecule has 1 rings (SSSR count). The molecule has 0 atom stereocenters. The first-order valence-corrected chi connectivity index (χ1v) is 5.55. The molecule has 1 aromatic carbocycles.